The number of rotatable bonds is 3. The zero-order valence-electron chi connectivity index (χ0n) is 9.34. The third-order valence-corrected chi connectivity index (χ3v) is 2.49. The molecule has 1 fully saturated rings. The van der Waals surface area contributed by atoms with E-state index in [4.69, 9.17) is 0 Å². The number of barbiturate groups is 1. The summed E-state index contributed by atoms with van der Waals surface area (Å²) in [4.78, 5) is 34.8. The Balaban J connectivity index is 1.96. The molecule has 0 aliphatic carbocycles. The first-order valence-corrected chi connectivity index (χ1v) is 5.18. The van der Waals surface area contributed by atoms with Gasteiger partial charge in [0.05, 0.1) is 6.20 Å². The summed E-state index contributed by atoms with van der Waals surface area (Å²) in [6, 6.07) is -0.643. The first kappa shape index (κ1) is 11.3. The number of hydrogen-bond donors (Lipinski definition) is 1. The number of amides is 4. The van der Waals surface area contributed by atoms with Crippen molar-refractivity contribution < 1.29 is 14.4 Å². The fourth-order valence-corrected chi connectivity index (χ4v) is 1.65. The molecule has 1 saturated heterocycles. The summed E-state index contributed by atoms with van der Waals surface area (Å²) in [5, 5.41) is 6.10. The zero-order chi connectivity index (χ0) is 12.4. The third-order valence-electron chi connectivity index (χ3n) is 2.49. The topological polar surface area (TPSA) is 84.3 Å². The van der Waals surface area contributed by atoms with Crippen LogP contribution in [0.2, 0.25) is 0 Å². The van der Waals surface area contributed by atoms with Crippen LogP contribution in [0.4, 0.5) is 4.79 Å². The van der Waals surface area contributed by atoms with E-state index < -0.39 is 17.8 Å². The van der Waals surface area contributed by atoms with Crippen molar-refractivity contribution in [3.8, 4) is 0 Å². The van der Waals surface area contributed by atoms with Crippen molar-refractivity contribution in [1.29, 1.82) is 0 Å². The van der Waals surface area contributed by atoms with Crippen LogP contribution in [0, 0.1) is 0 Å². The number of carbonyl (C=O) groups is 3. The molecule has 0 atom stereocenters. The second-order valence-electron chi connectivity index (χ2n) is 3.85. The molecule has 0 aromatic carbocycles. The highest BCUT2D eigenvalue weighted by Crippen LogP contribution is 2.05. The minimum absolute atomic E-state index is 0.254. The molecule has 0 unspecified atom stereocenters. The Bertz CT molecular complexity index is 460. The second-order valence-corrected chi connectivity index (χ2v) is 3.85. The van der Waals surface area contributed by atoms with Crippen molar-refractivity contribution in [2.75, 3.05) is 6.54 Å². The first-order valence-electron chi connectivity index (χ1n) is 5.18. The molecule has 1 aromatic heterocycles. The molecule has 1 aliphatic rings. The highest BCUT2D eigenvalue weighted by atomic mass is 16.2. The Hall–Kier alpha value is -2.18. The van der Waals surface area contributed by atoms with Crippen molar-refractivity contribution in [3.63, 3.8) is 0 Å². The lowest BCUT2D eigenvalue weighted by atomic mass is 10.2. The molecule has 7 heteroatoms. The largest absolute Gasteiger partial charge is 0.330 e. The van der Waals surface area contributed by atoms with Crippen LogP contribution in [0.1, 0.15) is 12.0 Å². The van der Waals surface area contributed by atoms with E-state index in [1.54, 1.807) is 17.9 Å². The summed E-state index contributed by atoms with van der Waals surface area (Å²) in [5.41, 5.74) is 0.935. The minimum atomic E-state index is -0.643. The smallest absolute Gasteiger partial charge is 0.277 e. The monoisotopic (exact) mass is 236 g/mol. The molecule has 2 rings (SSSR count). The first-order chi connectivity index (χ1) is 8.06. The fraction of sp³-hybridized carbons (Fsp3) is 0.400. The summed E-state index contributed by atoms with van der Waals surface area (Å²) < 4.78 is 1.65. The number of imide groups is 2. The molecule has 90 valence electrons. The number of nitrogens with zero attached hydrogens (tertiary/aromatic N) is 3. The average molecular weight is 236 g/mol. The average Bonchev–Trinajstić information content (AvgIpc) is 2.62. The molecule has 0 spiro atoms. The van der Waals surface area contributed by atoms with E-state index in [0.717, 1.165) is 10.5 Å². The van der Waals surface area contributed by atoms with Crippen LogP contribution in [0.3, 0.4) is 0 Å². The van der Waals surface area contributed by atoms with Gasteiger partial charge in [-0.15, -0.1) is 0 Å². The quantitative estimate of drug-likeness (QED) is 0.712. The van der Waals surface area contributed by atoms with Crippen molar-refractivity contribution in [1.82, 2.24) is 20.0 Å². The zero-order valence-corrected chi connectivity index (χ0v) is 9.34. The Morgan fingerprint density at radius 1 is 1.41 bits per heavy atom. The van der Waals surface area contributed by atoms with Crippen LogP contribution in [0.5, 0.6) is 0 Å². The van der Waals surface area contributed by atoms with Crippen LogP contribution in [-0.2, 0) is 23.1 Å². The Morgan fingerprint density at radius 2 is 2.18 bits per heavy atom. The van der Waals surface area contributed by atoms with Gasteiger partial charge in [-0.1, -0.05) is 0 Å². The summed E-state index contributed by atoms with van der Waals surface area (Å²) in [6.45, 7) is 0.254. The lowest BCUT2D eigenvalue weighted by molar-refractivity contribution is -0.136. The Morgan fingerprint density at radius 3 is 2.76 bits per heavy atom. The van der Waals surface area contributed by atoms with Gasteiger partial charge < -0.3 is 0 Å². The number of carbonyl (C=O) groups excluding carboxylic acids is 3. The Kier molecular flexibility index (Phi) is 2.90. The molecule has 1 N–H and O–H groups in total. The van der Waals surface area contributed by atoms with Gasteiger partial charge >= 0.3 is 6.03 Å². The molecule has 2 heterocycles. The van der Waals surface area contributed by atoms with E-state index in [1.165, 1.54) is 0 Å². The number of aryl methyl sites for hydroxylation is 1. The van der Waals surface area contributed by atoms with E-state index in [0.29, 0.717) is 6.42 Å². The maximum Gasteiger partial charge on any atom is 0.330 e. The minimum Gasteiger partial charge on any atom is -0.277 e. The molecule has 7 nitrogen and oxygen atoms in total. The van der Waals surface area contributed by atoms with Gasteiger partial charge in [0.15, 0.2) is 0 Å². The van der Waals surface area contributed by atoms with Crippen LogP contribution in [0.15, 0.2) is 12.4 Å². The van der Waals surface area contributed by atoms with Crippen LogP contribution >= 0.6 is 0 Å². The van der Waals surface area contributed by atoms with E-state index in [-0.39, 0.29) is 13.0 Å². The summed E-state index contributed by atoms with van der Waals surface area (Å²) >= 11 is 0. The number of urea groups is 1. The molecule has 0 saturated carbocycles. The maximum absolute atomic E-state index is 11.5. The molecule has 1 aromatic rings. The normalized spacial score (nSPS) is 16.3. The fourth-order valence-electron chi connectivity index (χ4n) is 1.65. The predicted octanol–water partition coefficient (Wildman–Crippen LogP) is -0.569. The molecule has 0 radical (unpaired) electrons. The SMILES string of the molecule is Cn1cc(CCN2C(=O)CC(=O)NC2=O)cn1. The summed E-state index contributed by atoms with van der Waals surface area (Å²) in [5.74, 6) is -1.000. The van der Waals surface area contributed by atoms with Gasteiger partial charge in [-0.25, -0.2) is 4.79 Å². The predicted molar refractivity (Wildman–Crippen MR) is 56.8 cm³/mol. The van der Waals surface area contributed by atoms with Crippen molar-refractivity contribution in [2.45, 2.75) is 12.8 Å². The molecular weight excluding hydrogens is 224 g/mol. The molecule has 4 amide bonds. The van der Waals surface area contributed by atoms with E-state index >= 15 is 0 Å². The number of aromatic nitrogens is 2. The number of nitrogens with one attached hydrogen (secondary N) is 1. The van der Waals surface area contributed by atoms with Gasteiger partial charge in [-0.05, 0) is 12.0 Å². The van der Waals surface area contributed by atoms with Gasteiger partial charge in [-0.2, -0.15) is 5.10 Å². The van der Waals surface area contributed by atoms with E-state index in [1.807, 2.05) is 6.20 Å². The second kappa shape index (κ2) is 4.36. The lowest BCUT2D eigenvalue weighted by Gasteiger charge is -2.24. The highest BCUT2D eigenvalue weighted by Gasteiger charge is 2.30. The standard InChI is InChI=1S/C10H12N4O3/c1-13-6-7(5-11-13)2-3-14-9(16)4-8(15)12-10(14)17/h5-6H,2-4H2,1H3,(H,12,15,17). The number of hydrogen-bond acceptors (Lipinski definition) is 4. The van der Waals surface area contributed by atoms with Crippen molar-refractivity contribution in [3.05, 3.63) is 18.0 Å². The lowest BCUT2D eigenvalue weighted by Crippen LogP contribution is -2.53. The highest BCUT2D eigenvalue weighted by molar-refractivity contribution is 6.14. The third kappa shape index (κ3) is 2.49. The van der Waals surface area contributed by atoms with Gasteiger partial charge in [-0.3, -0.25) is 24.5 Å². The van der Waals surface area contributed by atoms with Crippen LogP contribution < -0.4 is 5.32 Å². The van der Waals surface area contributed by atoms with Gasteiger partial charge in [0.25, 0.3) is 0 Å². The van der Waals surface area contributed by atoms with Gasteiger partial charge in [0.2, 0.25) is 11.8 Å². The molecule has 0 bridgehead atoms. The molecule has 17 heavy (non-hydrogen) atoms. The van der Waals surface area contributed by atoms with Crippen molar-refractivity contribution >= 4 is 17.8 Å². The summed E-state index contributed by atoms with van der Waals surface area (Å²) in [6.07, 6.45) is 3.76. The van der Waals surface area contributed by atoms with Crippen LogP contribution in [0.25, 0.3) is 0 Å². The van der Waals surface area contributed by atoms with Crippen molar-refractivity contribution in [2.24, 2.45) is 7.05 Å². The summed E-state index contributed by atoms with van der Waals surface area (Å²) in [7, 11) is 1.79. The van der Waals surface area contributed by atoms with Crippen LogP contribution in [-0.4, -0.2) is 39.1 Å². The Labute approximate surface area is 97.4 Å². The van der Waals surface area contributed by atoms with Gasteiger partial charge in [0.1, 0.15) is 6.42 Å². The van der Waals surface area contributed by atoms with E-state index in [2.05, 4.69) is 10.4 Å². The molecule has 1 aliphatic heterocycles. The molecular formula is C10H12N4O3. The maximum atomic E-state index is 11.5. The van der Waals surface area contributed by atoms with Gasteiger partial charge in [0, 0.05) is 19.8 Å². The van der Waals surface area contributed by atoms with E-state index in [9.17, 15) is 14.4 Å².